The Hall–Kier alpha value is -2.81. The van der Waals surface area contributed by atoms with Crippen LogP contribution in [0.1, 0.15) is 0 Å². The molecular formula is C13H13N3O5S. The van der Waals surface area contributed by atoms with E-state index in [9.17, 15) is 18.5 Å². The molecule has 3 N–H and O–H groups in total. The van der Waals surface area contributed by atoms with Gasteiger partial charge in [0.2, 0.25) is 0 Å². The van der Waals surface area contributed by atoms with Gasteiger partial charge in [-0.1, -0.05) is 12.1 Å². The van der Waals surface area contributed by atoms with Gasteiger partial charge >= 0.3 is 0 Å². The Morgan fingerprint density at radius 1 is 1.23 bits per heavy atom. The topological polar surface area (TPSA) is 125 Å². The van der Waals surface area contributed by atoms with Crippen molar-refractivity contribution in [2.24, 2.45) is 0 Å². The number of anilines is 2. The largest absolute Gasteiger partial charge is 0.495 e. The van der Waals surface area contributed by atoms with Crippen LogP contribution in [0.4, 0.5) is 17.1 Å². The van der Waals surface area contributed by atoms with Crippen molar-refractivity contribution in [1.82, 2.24) is 0 Å². The van der Waals surface area contributed by atoms with Crippen LogP contribution >= 0.6 is 0 Å². The molecule has 2 rings (SSSR count). The third kappa shape index (κ3) is 3.09. The average Bonchev–Trinajstić information content (AvgIpc) is 2.49. The molecule has 2 aromatic carbocycles. The first-order valence-corrected chi connectivity index (χ1v) is 7.53. The first kappa shape index (κ1) is 15.6. The van der Waals surface area contributed by atoms with E-state index in [1.807, 2.05) is 0 Å². The summed E-state index contributed by atoms with van der Waals surface area (Å²) >= 11 is 0. The van der Waals surface area contributed by atoms with E-state index in [2.05, 4.69) is 4.72 Å². The van der Waals surface area contributed by atoms with Crippen molar-refractivity contribution in [3.63, 3.8) is 0 Å². The summed E-state index contributed by atoms with van der Waals surface area (Å²) in [5.41, 5.74) is 5.67. The van der Waals surface area contributed by atoms with Crippen LogP contribution in [0.5, 0.6) is 5.75 Å². The van der Waals surface area contributed by atoms with Crippen molar-refractivity contribution in [3.8, 4) is 5.75 Å². The number of methoxy groups -OCH3 is 1. The number of rotatable bonds is 5. The predicted octanol–water partition coefficient (Wildman–Crippen LogP) is 1.99. The second-order valence-electron chi connectivity index (χ2n) is 4.29. The molecule has 116 valence electrons. The molecule has 0 fully saturated rings. The van der Waals surface area contributed by atoms with E-state index < -0.39 is 25.5 Å². The van der Waals surface area contributed by atoms with E-state index in [1.54, 1.807) is 0 Å². The molecule has 9 heteroatoms. The molecule has 0 aliphatic rings. The fourth-order valence-corrected chi connectivity index (χ4v) is 3.04. The maximum atomic E-state index is 12.3. The summed E-state index contributed by atoms with van der Waals surface area (Å²) in [7, 11) is -2.72. The number of nitro benzene ring substituents is 1. The van der Waals surface area contributed by atoms with Gasteiger partial charge in [0.1, 0.15) is 5.75 Å². The molecule has 8 nitrogen and oxygen atoms in total. The van der Waals surface area contributed by atoms with E-state index in [-0.39, 0.29) is 5.69 Å². The zero-order chi connectivity index (χ0) is 16.3. The Bertz CT molecular complexity index is 820. The normalized spacial score (nSPS) is 11.0. The Morgan fingerprint density at radius 3 is 2.55 bits per heavy atom. The van der Waals surface area contributed by atoms with E-state index in [0.29, 0.717) is 11.4 Å². The molecule has 2 aromatic rings. The fraction of sp³-hybridized carbons (Fsp3) is 0.0769. The number of sulfonamides is 1. The third-order valence-corrected chi connectivity index (χ3v) is 4.27. The molecule has 0 aliphatic heterocycles. The smallest absolute Gasteiger partial charge is 0.289 e. The van der Waals surface area contributed by atoms with Crippen molar-refractivity contribution < 1.29 is 18.1 Å². The Balaban J connectivity index is 2.43. The number of benzene rings is 2. The molecule has 0 aromatic heterocycles. The highest BCUT2D eigenvalue weighted by Crippen LogP contribution is 2.29. The van der Waals surface area contributed by atoms with Crippen LogP contribution in [0.3, 0.4) is 0 Å². The van der Waals surface area contributed by atoms with Crippen LogP contribution in [-0.4, -0.2) is 20.5 Å². The van der Waals surface area contributed by atoms with Gasteiger partial charge in [0, 0.05) is 12.1 Å². The minimum atomic E-state index is -4.11. The molecule has 0 unspecified atom stereocenters. The summed E-state index contributed by atoms with van der Waals surface area (Å²) in [5, 5.41) is 10.9. The van der Waals surface area contributed by atoms with Crippen LogP contribution in [0.2, 0.25) is 0 Å². The Morgan fingerprint density at radius 2 is 1.91 bits per heavy atom. The second kappa shape index (κ2) is 5.90. The van der Waals surface area contributed by atoms with Gasteiger partial charge in [0.25, 0.3) is 15.7 Å². The number of para-hydroxylation sites is 1. The molecule has 0 saturated heterocycles. The number of hydrogen-bond donors (Lipinski definition) is 2. The highest BCUT2D eigenvalue weighted by Gasteiger charge is 2.25. The summed E-state index contributed by atoms with van der Waals surface area (Å²) in [6, 6.07) is 9.38. The summed E-state index contributed by atoms with van der Waals surface area (Å²) in [5.74, 6) is 0.294. The van der Waals surface area contributed by atoms with Gasteiger partial charge in [-0.05, 0) is 18.2 Å². The molecular weight excluding hydrogens is 310 g/mol. The Labute approximate surface area is 126 Å². The van der Waals surface area contributed by atoms with Crippen molar-refractivity contribution in [2.45, 2.75) is 4.90 Å². The van der Waals surface area contributed by atoms with Gasteiger partial charge in [-0.2, -0.15) is 0 Å². The quantitative estimate of drug-likeness (QED) is 0.492. The Kier molecular flexibility index (Phi) is 4.18. The number of ether oxygens (including phenoxy) is 1. The van der Waals surface area contributed by atoms with Crippen molar-refractivity contribution in [2.75, 3.05) is 17.6 Å². The maximum absolute atomic E-state index is 12.3. The first-order valence-electron chi connectivity index (χ1n) is 6.05. The van der Waals surface area contributed by atoms with Crippen LogP contribution in [0, 0.1) is 10.1 Å². The summed E-state index contributed by atoms with van der Waals surface area (Å²) in [4.78, 5) is 9.77. The van der Waals surface area contributed by atoms with E-state index in [4.69, 9.17) is 10.5 Å². The van der Waals surface area contributed by atoms with Gasteiger partial charge in [-0.25, -0.2) is 8.42 Å². The van der Waals surface area contributed by atoms with Gasteiger partial charge in [0.05, 0.1) is 23.4 Å². The maximum Gasteiger partial charge on any atom is 0.289 e. The first-order chi connectivity index (χ1) is 10.3. The lowest BCUT2D eigenvalue weighted by Crippen LogP contribution is -2.14. The minimum Gasteiger partial charge on any atom is -0.495 e. The number of nitrogens with one attached hydrogen (secondary N) is 1. The molecule has 0 atom stereocenters. The molecule has 0 aliphatic carbocycles. The molecule has 0 amide bonds. The number of nitrogens with zero attached hydrogens (tertiary/aromatic N) is 1. The van der Waals surface area contributed by atoms with Crippen molar-refractivity contribution >= 4 is 27.1 Å². The summed E-state index contributed by atoms with van der Waals surface area (Å²) in [6.07, 6.45) is 0. The highest BCUT2D eigenvalue weighted by molar-refractivity contribution is 7.92. The van der Waals surface area contributed by atoms with Crippen molar-refractivity contribution in [1.29, 1.82) is 0 Å². The minimum absolute atomic E-state index is 0.184. The van der Waals surface area contributed by atoms with Crippen LogP contribution < -0.4 is 15.2 Å². The molecule has 0 saturated carbocycles. The van der Waals surface area contributed by atoms with Gasteiger partial charge in [-0.15, -0.1) is 0 Å². The molecule has 0 heterocycles. The van der Waals surface area contributed by atoms with E-state index in [0.717, 1.165) is 12.1 Å². The molecule has 0 bridgehead atoms. The highest BCUT2D eigenvalue weighted by atomic mass is 32.2. The van der Waals surface area contributed by atoms with Crippen LogP contribution in [-0.2, 0) is 10.0 Å². The monoisotopic (exact) mass is 323 g/mol. The zero-order valence-corrected chi connectivity index (χ0v) is 12.3. The summed E-state index contributed by atoms with van der Waals surface area (Å²) < 4.78 is 31.9. The summed E-state index contributed by atoms with van der Waals surface area (Å²) in [6.45, 7) is 0. The lowest BCUT2D eigenvalue weighted by molar-refractivity contribution is -0.387. The van der Waals surface area contributed by atoms with Crippen LogP contribution in [0.25, 0.3) is 0 Å². The predicted molar refractivity (Wildman–Crippen MR) is 81.3 cm³/mol. The molecule has 22 heavy (non-hydrogen) atoms. The van der Waals surface area contributed by atoms with Gasteiger partial charge < -0.3 is 10.5 Å². The lowest BCUT2D eigenvalue weighted by Gasteiger charge is -2.10. The molecule has 0 spiro atoms. The van der Waals surface area contributed by atoms with Gasteiger partial charge in [0.15, 0.2) is 4.90 Å². The molecule has 0 radical (unpaired) electrons. The SMILES string of the molecule is COc1cc(NS(=O)(=O)c2ccccc2[N+](=O)[O-])ccc1N. The van der Waals surface area contributed by atoms with Crippen LogP contribution in [0.15, 0.2) is 47.4 Å². The van der Waals surface area contributed by atoms with E-state index in [1.165, 1.54) is 37.4 Å². The average molecular weight is 323 g/mol. The number of nitrogen functional groups attached to an aromatic ring is 1. The van der Waals surface area contributed by atoms with Crippen molar-refractivity contribution in [3.05, 3.63) is 52.6 Å². The fourth-order valence-electron chi connectivity index (χ4n) is 1.82. The van der Waals surface area contributed by atoms with Gasteiger partial charge in [-0.3, -0.25) is 14.8 Å². The number of hydrogen-bond acceptors (Lipinski definition) is 6. The zero-order valence-electron chi connectivity index (χ0n) is 11.5. The lowest BCUT2D eigenvalue weighted by atomic mass is 10.2. The number of nitrogens with two attached hydrogens (primary N) is 1. The van der Waals surface area contributed by atoms with E-state index >= 15 is 0 Å². The second-order valence-corrected chi connectivity index (χ2v) is 5.94. The number of nitro groups is 1. The standard InChI is InChI=1S/C13H13N3O5S/c1-21-12-8-9(6-7-10(12)14)15-22(19,20)13-5-3-2-4-11(13)16(17)18/h2-8,15H,14H2,1H3. The third-order valence-electron chi connectivity index (χ3n) is 2.84.